The molecule has 0 bridgehead atoms. The highest BCUT2D eigenvalue weighted by molar-refractivity contribution is 4.92. The molecule has 1 aromatic heterocycles. The van der Waals surface area contributed by atoms with Gasteiger partial charge in [0, 0.05) is 38.6 Å². The number of nitrogens with one attached hydrogen (secondary N) is 1. The van der Waals surface area contributed by atoms with E-state index in [9.17, 15) is 0 Å². The van der Waals surface area contributed by atoms with Crippen molar-refractivity contribution in [2.24, 2.45) is 5.92 Å². The third kappa shape index (κ3) is 2.84. The van der Waals surface area contributed by atoms with Gasteiger partial charge in [-0.05, 0) is 25.7 Å². The zero-order valence-electron chi connectivity index (χ0n) is 10.4. The second-order valence-corrected chi connectivity index (χ2v) is 5.18. The van der Waals surface area contributed by atoms with Crippen molar-refractivity contribution in [2.75, 3.05) is 26.2 Å². The number of hydrogen-bond donors (Lipinski definition) is 1. The van der Waals surface area contributed by atoms with E-state index in [0.717, 1.165) is 43.7 Å². The second kappa shape index (κ2) is 4.74. The Morgan fingerprint density at radius 1 is 1.47 bits per heavy atom. The molecular formula is C12H20N4O. The number of aromatic nitrogens is 2. The quantitative estimate of drug-likeness (QED) is 0.830. The molecule has 1 saturated carbocycles. The highest BCUT2D eigenvalue weighted by Gasteiger charge is 2.33. The maximum absolute atomic E-state index is 5.14. The Hall–Kier alpha value is -0.940. The maximum Gasteiger partial charge on any atom is 0.227 e. The molecule has 1 aliphatic carbocycles. The predicted octanol–water partition coefficient (Wildman–Crippen LogP) is 0.604. The van der Waals surface area contributed by atoms with Crippen LogP contribution in [0.4, 0.5) is 0 Å². The van der Waals surface area contributed by atoms with E-state index < -0.39 is 0 Å². The average molecular weight is 236 g/mol. The van der Waals surface area contributed by atoms with Crippen LogP contribution in [0.2, 0.25) is 0 Å². The Balaban J connectivity index is 1.47. The lowest BCUT2D eigenvalue weighted by Gasteiger charge is -2.33. The van der Waals surface area contributed by atoms with Gasteiger partial charge < -0.3 is 14.7 Å². The molecule has 1 aromatic rings. The molecule has 5 heteroatoms. The van der Waals surface area contributed by atoms with E-state index in [0.29, 0.717) is 6.04 Å². The molecule has 1 aliphatic heterocycles. The Labute approximate surface area is 102 Å². The largest absolute Gasteiger partial charge is 0.339 e. The van der Waals surface area contributed by atoms with Crippen LogP contribution < -0.4 is 5.32 Å². The van der Waals surface area contributed by atoms with Crippen molar-refractivity contribution in [1.82, 2.24) is 20.4 Å². The molecule has 2 aliphatic rings. The summed E-state index contributed by atoms with van der Waals surface area (Å²) in [6.45, 7) is 6.33. The van der Waals surface area contributed by atoms with Gasteiger partial charge in [0.15, 0.2) is 5.82 Å². The van der Waals surface area contributed by atoms with Gasteiger partial charge in [0.25, 0.3) is 0 Å². The van der Waals surface area contributed by atoms with Gasteiger partial charge in [-0.2, -0.15) is 4.98 Å². The van der Waals surface area contributed by atoms with Crippen molar-refractivity contribution in [3.63, 3.8) is 0 Å². The number of piperazine rings is 1. The van der Waals surface area contributed by atoms with Crippen molar-refractivity contribution in [1.29, 1.82) is 0 Å². The minimum absolute atomic E-state index is 0.716. The Morgan fingerprint density at radius 2 is 2.35 bits per heavy atom. The molecule has 0 amide bonds. The normalized spacial score (nSPS) is 26.3. The van der Waals surface area contributed by atoms with Crippen LogP contribution in [-0.4, -0.2) is 47.3 Å². The minimum Gasteiger partial charge on any atom is -0.339 e. The van der Waals surface area contributed by atoms with Gasteiger partial charge in [-0.3, -0.25) is 0 Å². The first-order chi connectivity index (χ1) is 8.31. The minimum atomic E-state index is 0.716. The highest BCUT2D eigenvalue weighted by atomic mass is 16.5. The Kier molecular flexibility index (Phi) is 3.11. The topological polar surface area (TPSA) is 54.2 Å². The van der Waals surface area contributed by atoms with Gasteiger partial charge >= 0.3 is 0 Å². The van der Waals surface area contributed by atoms with E-state index in [1.165, 1.54) is 19.4 Å². The second-order valence-electron chi connectivity index (χ2n) is 5.18. The smallest absolute Gasteiger partial charge is 0.227 e. The molecule has 1 atom stereocenters. The summed E-state index contributed by atoms with van der Waals surface area (Å²) in [5.41, 5.74) is 0. The third-order valence-electron chi connectivity index (χ3n) is 3.69. The summed E-state index contributed by atoms with van der Waals surface area (Å²) in [5, 5.41) is 7.44. The lowest BCUT2D eigenvalue weighted by molar-refractivity contribution is 0.185. The van der Waals surface area contributed by atoms with Crippen LogP contribution in [0, 0.1) is 12.8 Å². The van der Waals surface area contributed by atoms with Crippen LogP contribution >= 0.6 is 0 Å². The van der Waals surface area contributed by atoms with Crippen molar-refractivity contribution < 1.29 is 4.52 Å². The summed E-state index contributed by atoms with van der Waals surface area (Å²) >= 11 is 0. The van der Waals surface area contributed by atoms with Gasteiger partial charge in [-0.15, -0.1) is 0 Å². The summed E-state index contributed by atoms with van der Waals surface area (Å²) < 4.78 is 5.14. The summed E-state index contributed by atoms with van der Waals surface area (Å²) in [4.78, 5) is 6.75. The third-order valence-corrected chi connectivity index (χ3v) is 3.69. The van der Waals surface area contributed by atoms with Gasteiger partial charge in [-0.25, -0.2) is 0 Å². The Bertz CT molecular complexity index is 374. The lowest BCUT2D eigenvalue weighted by Crippen LogP contribution is -2.52. The Morgan fingerprint density at radius 3 is 3.06 bits per heavy atom. The van der Waals surface area contributed by atoms with Crippen molar-refractivity contribution in [3.05, 3.63) is 11.7 Å². The summed E-state index contributed by atoms with van der Waals surface area (Å²) in [5.74, 6) is 2.43. The van der Waals surface area contributed by atoms with E-state index in [4.69, 9.17) is 4.52 Å². The molecule has 94 valence electrons. The molecular weight excluding hydrogens is 216 g/mol. The molecule has 0 radical (unpaired) electrons. The number of nitrogens with zero attached hydrogens (tertiary/aromatic N) is 3. The summed E-state index contributed by atoms with van der Waals surface area (Å²) in [6.07, 6.45) is 3.70. The van der Waals surface area contributed by atoms with Crippen molar-refractivity contribution >= 4 is 0 Å². The van der Waals surface area contributed by atoms with Crippen LogP contribution in [0.5, 0.6) is 0 Å². The van der Waals surface area contributed by atoms with Crippen LogP contribution in [0.15, 0.2) is 4.52 Å². The number of aryl methyl sites for hydroxylation is 1. The molecule has 2 heterocycles. The zero-order chi connectivity index (χ0) is 11.7. The van der Waals surface area contributed by atoms with E-state index >= 15 is 0 Å². The van der Waals surface area contributed by atoms with Crippen LogP contribution in [0.1, 0.15) is 24.6 Å². The molecule has 5 nitrogen and oxygen atoms in total. The molecule has 0 aromatic carbocycles. The van der Waals surface area contributed by atoms with Gasteiger partial charge in [0.2, 0.25) is 5.89 Å². The molecule has 1 N–H and O–H groups in total. The fraction of sp³-hybridized carbons (Fsp3) is 0.833. The van der Waals surface area contributed by atoms with Gasteiger partial charge in [0.1, 0.15) is 0 Å². The molecule has 1 saturated heterocycles. The maximum atomic E-state index is 5.14. The summed E-state index contributed by atoms with van der Waals surface area (Å²) in [6, 6.07) is 0.716. The van der Waals surface area contributed by atoms with Crippen LogP contribution in [-0.2, 0) is 6.42 Å². The van der Waals surface area contributed by atoms with Crippen LogP contribution in [0.3, 0.4) is 0 Å². The zero-order valence-corrected chi connectivity index (χ0v) is 10.4. The van der Waals surface area contributed by atoms with E-state index in [-0.39, 0.29) is 0 Å². The number of hydrogen-bond acceptors (Lipinski definition) is 5. The molecule has 0 spiro atoms. The first kappa shape index (κ1) is 11.2. The average Bonchev–Trinajstić information content (AvgIpc) is 3.11. The molecule has 1 unspecified atom stereocenters. The predicted molar refractivity (Wildman–Crippen MR) is 63.7 cm³/mol. The first-order valence-corrected chi connectivity index (χ1v) is 6.56. The van der Waals surface area contributed by atoms with Crippen molar-refractivity contribution in [3.8, 4) is 0 Å². The van der Waals surface area contributed by atoms with E-state index in [1.54, 1.807) is 0 Å². The SMILES string of the molecule is Cc1noc(CCN2CCNC(C3CC3)C2)n1. The van der Waals surface area contributed by atoms with Crippen molar-refractivity contribution in [2.45, 2.75) is 32.2 Å². The first-order valence-electron chi connectivity index (χ1n) is 6.56. The molecule has 2 fully saturated rings. The monoisotopic (exact) mass is 236 g/mol. The molecule has 3 rings (SSSR count). The fourth-order valence-electron chi connectivity index (χ4n) is 2.55. The fourth-order valence-corrected chi connectivity index (χ4v) is 2.55. The lowest BCUT2D eigenvalue weighted by atomic mass is 10.1. The molecule has 17 heavy (non-hydrogen) atoms. The van der Waals surface area contributed by atoms with Gasteiger partial charge in [0.05, 0.1) is 0 Å². The summed E-state index contributed by atoms with van der Waals surface area (Å²) in [7, 11) is 0. The standard InChI is InChI=1S/C12H20N4O/c1-9-14-12(17-15-9)4-6-16-7-5-13-11(8-16)10-2-3-10/h10-11,13H,2-8H2,1H3. The van der Waals surface area contributed by atoms with E-state index in [2.05, 4.69) is 20.4 Å². The number of rotatable bonds is 4. The van der Waals surface area contributed by atoms with Crippen LogP contribution in [0.25, 0.3) is 0 Å². The van der Waals surface area contributed by atoms with Gasteiger partial charge in [-0.1, -0.05) is 5.16 Å². The highest BCUT2D eigenvalue weighted by Crippen LogP contribution is 2.33. The van der Waals surface area contributed by atoms with E-state index in [1.807, 2.05) is 6.92 Å².